The fourth-order valence-electron chi connectivity index (χ4n) is 1.43. The molecule has 0 saturated carbocycles. The maximum absolute atomic E-state index is 13.4. The fourth-order valence-corrected chi connectivity index (χ4v) is 2.43. The zero-order valence-corrected chi connectivity index (χ0v) is 11.7. The summed E-state index contributed by atoms with van der Waals surface area (Å²) >= 11 is 0. The van der Waals surface area contributed by atoms with Gasteiger partial charge in [0.2, 0.25) is 10.0 Å². The van der Waals surface area contributed by atoms with Gasteiger partial charge in [0, 0.05) is 6.54 Å². The molecule has 0 fully saturated rings. The Hall–Kier alpha value is -1.21. The second-order valence-corrected chi connectivity index (χ2v) is 6.36. The first-order valence-corrected chi connectivity index (χ1v) is 7.59. The zero-order valence-electron chi connectivity index (χ0n) is 10.9. The van der Waals surface area contributed by atoms with Gasteiger partial charge in [0.05, 0.1) is 10.9 Å². The molecule has 19 heavy (non-hydrogen) atoms. The average Bonchev–Trinajstić information content (AvgIpc) is 2.35. The van der Waals surface area contributed by atoms with Gasteiger partial charge in [-0.2, -0.15) is 0 Å². The highest BCUT2D eigenvalue weighted by atomic mass is 32.2. The molecule has 0 radical (unpaired) electrons. The van der Waals surface area contributed by atoms with Crippen LogP contribution in [0.5, 0.6) is 0 Å². The van der Waals surface area contributed by atoms with E-state index < -0.39 is 26.9 Å². The molecule has 0 bridgehead atoms. The van der Waals surface area contributed by atoms with E-state index >= 15 is 0 Å². The topological polar surface area (TPSA) is 58.2 Å². The molecule has 4 nitrogen and oxygen atoms in total. The molecule has 7 heteroatoms. The molecule has 1 aromatic carbocycles. The van der Waals surface area contributed by atoms with Gasteiger partial charge in [0.1, 0.15) is 0 Å². The third kappa shape index (κ3) is 4.43. The van der Waals surface area contributed by atoms with E-state index in [1.165, 1.54) is 19.1 Å². The lowest BCUT2D eigenvalue weighted by Crippen LogP contribution is -2.35. The van der Waals surface area contributed by atoms with E-state index in [0.29, 0.717) is 6.54 Å². The van der Waals surface area contributed by atoms with Crippen molar-refractivity contribution in [3.63, 3.8) is 0 Å². The highest BCUT2D eigenvalue weighted by Crippen LogP contribution is 2.19. The van der Waals surface area contributed by atoms with Crippen LogP contribution in [0.2, 0.25) is 0 Å². The van der Waals surface area contributed by atoms with Crippen molar-refractivity contribution >= 4 is 15.7 Å². The number of halogens is 2. The van der Waals surface area contributed by atoms with E-state index in [1.807, 2.05) is 6.92 Å². The van der Waals surface area contributed by atoms with Gasteiger partial charge in [0.15, 0.2) is 11.6 Å². The summed E-state index contributed by atoms with van der Waals surface area (Å²) in [5.74, 6) is -2.28. The van der Waals surface area contributed by atoms with Crippen LogP contribution in [0.1, 0.15) is 20.3 Å². The number of rotatable bonds is 7. The Morgan fingerprint density at radius 2 is 2.00 bits per heavy atom. The van der Waals surface area contributed by atoms with Gasteiger partial charge in [0.25, 0.3) is 0 Å². The molecule has 108 valence electrons. The molecule has 0 saturated heterocycles. The summed E-state index contributed by atoms with van der Waals surface area (Å²) in [5.41, 5.74) is -0.373. The molecule has 0 aromatic heterocycles. The summed E-state index contributed by atoms with van der Waals surface area (Å²) in [5, 5.41) is 2.22. The standard InChI is InChI=1S/C12H18F2N2O2S/c1-3-7-15-8-9(2)19(17,18)16-11-6-4-5-10(13)12(11)14/h4-6,9,15-16H,3,7-8H2,1-2H3. The Morgan fingerprint density at radius 1 is 1.32 bits per heavy atom. The predicted octanol–water partition coefficient (Wildman–Crippen LogP) is 2.09. The minimum atomic E-state index is -3.75. The van der Waals surface area contributed by atoms with Crippen LogP contribution in [-0.4, -0.2) is 26.8 Å². The molecule has 0 heterocycles. The second-order valence-electron chi connectivity index (χ2n) is 4.26. The monoisotopic (exact) mass is 292 g/mol. The molecule has 1 rings (SSSR count). The van der Waals surface area contributed by atoms with Crippen molar-refractivity contribution in [2.24, 2.45) is 0 Å². The van der Waals surface area contributed by atoms with Crippen molar-refractivity contribution in [2.75, 3.05) is 17.8 Å². The van der Waals surface area contributed by atoms with Gasteiger partial charge >= 0.3 is 0 Å². The molecule has 0 aliphatic heterocycles. The van der Waals surface area contributed by atoms with Gasteiger partial charge < -0.3 is 5.32 Å². The van der Waals surface area contributed by atoms with Crippen molar-refractivity contribution in [2.45, 2.75) is 25.5 Å². The minimum Gasteiger partial charge on any atom is -0.315 e. The maximum atomic E-state index is 13.4. The zero-order chi connectivity index (χ0) is 14.5. The summed E-state index contributed by atoms with van der Waals surface area (Å²) in [6.45, 7) is 4.42. The van der Waals surface area contributed by atoms with Crippen LogP contribution in [0.3, 0.4) is 0 Å². The first-order valence-electron chi connectivity index (χ1n) is 6.04. The maximum Gasteiger partial charge on any atom is 0.236 e. The van der Waals surface area contributed by atoms with Crippen molar-refractivity contribution in [1.29, 1.82) is 0 Å². The average molecular weight is 292 g/mol. The van der Waals surface area contributed by atoms with Gasteiger partial charge in [-0.1, -0.05) is 13.0 Å². The Morgan fingerprint density at radius 3 is 2.63 bits per heavy atom. The molecule has 0 spiro atoms. The summed E-state index contributed by atoms with van der Waals surface area (Å²) in [7, 11) is -3.75. The summed E-state index contributed by atoms with van der Waals surface area (Å²) in [4.78, 5) is 0. The van der Waals surface area contributed by atoms with Gasteiger partial charge in [-0.3, -0.25) is 4.72 Å². The molecule has 1 unspecified atom stereocenters. The Labute approximate surface area is 112 Å². The number of benzene rings is 1. The molecular weight excluding hydrogens is 274 g/mol. The van der Waals surface area contributed by atoms with E-state index in [1.54, 1.807) is 0 Å². The largest absolute Gasteiger partial charge is 0.315 e. The summed E-state index contributed by atoms with van der Waals surface area (Å²) in [6, 6.07) is 3.36. The van der Waals surface area contributed by atoms with Crippen LogP contribution in [0.15, 0.2) is 18.2 Å². The Bertz CT molecular complexity index is 520. The Balaban J connectivity index is 2.76. The lowest BCUT2D eigenvalue weighted by atomic mass is 10.3. The van der Waals surface area contributed by atoms with E-state index in [4.69, 9.17) is 0 Å². The molecule has 0 amide bonds. The number of anilines is 1. The van der Waals surface area contributed by atoms with E-state index in [9.17, 15) is 17.2 Å². The number of hydrogen-bond donors (Lipinski definition) is 2. The highest BCUT2D eigenvalue weighted by Gasteiger charge is 2.22. The molecule has 0 aliphatic rings. The third-order valence-electron chi connectivity index (χ3n) is 2.59. The number of nitrogens with one attached hydrogen (secondary N) is 2. The van der Waals surface area contributed by atoms with Crippen molar-refractivity contribution < 1.29 is 17.2 Å². The van der Waals surface area contributed by atoms with Crippen molar-refractivity contribution in [3.8, 4) is 0 Å². The van der Waals surface area contributed by atoms with Gasteiger partial charge in [-0.15, -0.1) is 0 Å². The lowest BCUT2D eigenvalue weighted by molar-refractivity contribution is 0.511. The van der Waals surface area contributed by atoms with E-state index in [-0.39, 0.29) is 12.2 Å². The molecule has 2 N–H and O–H groups in total. The molecular formula is C12H18F2N2O2S. The van der Waals surface area contributed by atoms with Crippen molar-refractivity contribution in [1.82, 2.24) is 5.32 Å². The van der Waals surface area contributed by atoms with Crippen molar-refractivity contribution in [3.05, 3.63) is 29.8 Å². The first kappa shape index (κ1) is 15.8. The lowest BCUT2D eigenvalue weighted by Gasteiger charge is -2.15. The van der Waals surface area contributed by atoms with Crippen LogP contribution in [0.25, 0.3) is 0 Å². The fraction of sp³-hybridized carbons (Fsp3) is 0.500. The van der Waals surface area contributed by atoms with E-state index in [0.717, 1.165) is 12.5 Å². The molecule has 1 atom stereocenters. The van der Waals surface area contributed by atoms with Gasteiger partial charge in [-0.25, -0.2) is 17.2 Å². The molecule has 0 aliphatic carbocycles. The van der Waals surface area contributed by atoms with E-state index in [2.05, 4.69) is 10.0 Å². The quantitative estimate of drug-likeness (QED) is 0.757. The van der Waals surface area contributed by atoms with Crippen LogP contribution in [0, 0.1) is 11.6 Å². The van der Waals surface area contributed by atoms with Crippen LogP contribution in [0.4, 0.5) is 14.5 Å². The summed E-state index contributed by atoms with van der Waals surface area (Å²) in [6.07, 6.45) is 0.888. The minimum absolute atomic E-state index is 0.250. The predicted molar refractivity (Wildman–Crippen MR) is 71.5 cm³/mol. The summed E-state index contributed by atoms with van der Waals surface area (Å²) < 4.78 is 52.3. The highest BCUT2D eigenvalue weighted by molar-refractivity contribution is 7.93. The first-order chi connectivity index (χ1) is 8.88. The molecule has 1 aromatic rings. The normalized spacial score (nSPS) is 13.3. The second kappa shape index (κ2) is 6.81. The SMILES string of the molecule is CCCNCC(C)S(=O)(=O)Nc1cccc(F)c1F. The van der Waals surface area contributed by atoms with Crippen LogP contribution in [-0.2, 0) is 10.0 Å². The number of sulfonamides is 1. The van der Waals surface area contributed by atoms with Crippen LogP contribution < -0.4 is 10.0 Å². The third-order valence-corrected chi connectivity index (χ3v) is 4.32. The Kier molecular flexibility index (Phi) is 5.68. The van der Waals surface area contributed by atoms with Crippen LogP contribution >= 0.6 is 0 Å². The smallest absolute Gasteiger partial charge is 0.236 e. The van der Waals surface area contributed by atoms with Gasteiger partial charge in [-0.05, 0) is 32.0 Å². The number of hydrogen-bond acceptors (Lipinski definition) is 3.